The average molecular weight is 465 g/mol. The maximum Gasteiger partial charge on any atom is 0.331 e. The minimum Gasteiger partial charge on any atom is -0.493 e. The highest BCUT2D eigenvalue weighted by Crippen LogP contribution is 2.28. The van der Waals surface area contributed by atoms with E-state index < -0.39 is 18.5 Å². The van der Waals surface area contributed by atoms with Gasteiger partial charge in [-0.3, -0.25) is 9.59 Å². The maximum absolute atomic E-state index is 12.6. The summed E-state index contributed by atoms with van der Waals surface area (Å²) in [4.78, 5) is 38.5. The summed E-state index contributed by atoms with van der Waals surface area (Å²) >= 11 is 0. The first-order chi connectivity index (χ1) is 16.4. The quantitative estimate of drug-likeness (QED) is 0.357. The Balaban J connectivity index is 1.54. The number of esters is 1. The topological polar surface area (TPSA) is 98.1 Å². The van der Waals surface area contributed by atoms with Crippen LogP contribution in [0.2, 0.25) is 0 Å². The maximum atomic E-state index is 12.6. The van der Waals surface area contributed by atoms with Gasteiger partial charge in [0.05, 0.1) is 13.7 Å². The average Bonchev–Trinajstić information content (AvgIpc) is 3.25. The van der Waals surface area contributed by atoms with Crippen LogP contribution in [0.3, 0.4) is 0 Å². The largest absolute Gasteiger partial charge is 0.493 e. The van der Waals surface area contributed by atoms with E-state index in [0.717, 1.165) is 10.9 Å². The van der Waals surface area contributed by atoms with Crippen molar-refractivity contribution in [2.75, 3.05) is 32.1 Å². The molecule has 0 unspecified atom stereocenters. The number of para-hydroxylation sites is 2. The standard InChI is InChI=1S/C26H28N2O6/c1-4-14-28(16-23(29)27-21-10-6-5-8-18(21)2)24(30)17-33-25(31)13-12-20-15-19-9-7-11-22(32-3)26(19)34-20/h5-13,15H,4,14,16-17H2,1-3H3,(H,27,29). The molecule has 0 saturated heterocycles. The number of nitrogens with one attached hydrogen (secondary N) is 1. The molecule has 178 valence electrons. The predicted molar refractivity (Wildman–Crippen MR) is 129 cm³/mol. The van der Waals surface area contributed by atoms with Crippen LogP contribution in [0.1, 0.15) is 24.7 Å². The summed E-state index contributed by atoms with van der Waals surface area (Å²) in [7, 11) is 1.55. The predicted octanol–water partition coefficient (Wildman–Crippen LogP) is 4.18. The van der Waals surface area contributed by atoms with Gasteiger partial charge in [-0.2, -0.15) is 0 Å². The van der Waals surface area contributed by atoms with Crippen LogP contribution in [0.4, 0.5) is 5.69 Å². The third kappa shape index (κ3) is 6.48. The fraction of sp³-hybridized carbons (Fsp3) is 0.269. The molecule has 8 heteroatoms. The molecule has 3 aromatic rings. The Morgan fingerprint density at radius 3 is 2.65 bits per heavy atom. The summed E-state index contributed by atoms with van der Waals surface area (Å²) < 4.78 is 16.0. The van der Waals surface area contributed by atoms with Gasteiger partial charge in [-0.05, 0) is 43.2 Å². The van der Waals surface area contributed by atoms with Crippen molar-refractivity contribution in [2.24, 2.45) is 0 Å². The van der Waals surface area contributed by atoms with E-state index in [1.165, 1.54) is 17.1 Å². The van der Waals surface area contributed by atoms with Gasteiger partial charge in [0.2, 0.25) is 5.91 Å². The second-order valence-corrected chi connectivity index (χ2v) is 7.65. The Morgan fingerprint density at radius 2 is 1.91 bits per heavy atom. The number of benzene rings is 2. The molecule has 1 aromatic heterocycles. The highest BCUT2D eigenvalue weighted by Gasteiger charge is 2.18. The first kappa shape index (κ1) is 24.6. The summed E-state index contributed by atoms with van der Waals surface area (Å²) in [5.74, 6) is -0.419. The van der Waals surface area contributed by atoms with E-state index in [9.17, 15) is 14.4 Å². The highest BCUT2D eigenvalue weighted by atomic mass is 16.5. The number of hydrogen-bond acceptors (Lipinski definition) is 6. The molecule has 0 radical (unpaired) electrons. The number of methoxy groups -OCH3 is 1. The minimum absolute atomic E-state index is 0.130. The lowest BCUT2D eigenvalue weighted by Crippen LogP contribution is -2.40. The van der Waals surface area contributed by atoms with Gasteiger partial charge < -0.3 is 24.1 Å². The molecule has 2 amide bonds. The summed E-state index contributed by atoms with van der Waals surface area (Å²) in [5.41, 5.74) is 2.19. The monoisotopic (exact) mass is 464 g/mol. The van der Waals surface area contributed by atoms with E-state index in [0.29, 0.717) is 35.7 Å². The van der Waals surface area contributed by atoms with Crippen LogP contribution in [-0.2, 0) is 19.1 Å². The summed E-state index contributed by atoms with van der Waals surface area (Å²) in [6.45, 7) is 3.56. The fourth-order valence-electron chi connectivity index (χ4n) is 3.36. The van der Waals surface area contributed by atoms with E-state index in [1.54, 1.807) is 25.3 Å². The molecule has 1 heterocycles. The number of anilines is 1. The molecule has 0 fully saturated rings. The molecule has 3 rings (SSSR count). The molecule has 0 atom stereocenters. The molecule has 0 spiro atoms. The molecule has 34 heavy (non-hydrogen) atoms. The Morgan fingerprint density at radius 1 is 1.12 bits per heavy atom. The molecule has 0 bridgehead atoms. The molecule has 0 aliphatic carbocycles. The van der Waals surface area contributed by atoms with E-state index in [-0.39, 0.29) is 12.5 Å². The number of carbonyl (C=O) groups excluding carboxylic acids is 3. The number of amides is 2. The van der Waals surface area contributed by atoms with E-state index in [1.807, 2.05) is 44.2 Å². The Bertz CT molecular complexity index is 1200. The molecule has 0 aliphatic heterocycles. The number of rotatable bonds is 10. The zero-order valence-electron chi connectivity index (χ0n) is 19.5. The summed E-state index contributed by atoms with van der Waals surface area (Å²) in [6.07, 6.45) is 3.31. The molecule has 8 nitrogen and oxygen atoms in total. The van der Waals surface area contributed by atoms with Crippen LogP contribution in [0.15, 0.2) is 59.0 Å². The van der Waals surface area contributed by atoms with Crippen molar-refractivity contribution in [2.45, 2.75) is 20.3 Å². The van der Waals surface area contributed by atoms with Crippen LogP contribution < -0.4 is 10.1 Å². The minimum atomic E-state index is -0.693. The molecular formula is C26H28N2O6. The molecule has 0 aliphatic rings. The molecular weight excluding hydrogens is 436 g/mol. The van der Waals surface area contributed by atoms with Crippen LogP contribution in [0.25, 0.3) is 17.0 Å². The van der Waals surface area contributed by atoms with Gasteiger partial charge in [0.25, 0.3) is 5.91 Å². The van der Waals surface area contributed by atoms with Gasteiger partial charge in [0.1, 0.15) is 5.76 Å². The Kier molecular flexibility index (Phi) is 8.45. The summed E-state index contributed by atoms with van der Waals surface area (Å²) in [5, 5.41) is 3.64. The lowest BCUT2D eigenvalue weighted by atomic mass is 10.2. The number of furan rings is 1. The van der Waals surface area contributed by atoms with Gasteiger partial charge in [-0.15, -0.1) is 0 Å². The second-order valence-electron chi connectivity index (χ2n) is 7.65. The van der Waals surface area contributed by atoms with Crippen molar-refractivity contribution < 1.29 is 28.3 Å². The Labute approximate surface area is 198 Å². The zero-order chi connectivity index (χ0) is 24.5. The number of fused-ring (bicyclic) bond motifs is 1. The van der Waals surface area contributed by atoms with Crippen LogP contribution >= 0.6 is 0 Å². The fourth-order valence-corrected chi connectivity index (χ4v) is 3.36. The summed E-state index contributed by atoms with van der Waals surface area (Å²) in [6, 6.07) is 14.6. The van der Waals surface area contributed by atoms with Crippen LogP contribution in [0, 0.1) is 6.92 Å². The first-order valence-corrected chi connectivity index (χ1v) is 11.0. The van der Waals surface area contributed by atoms with Gasteiger partial charge in [0.15, 0.2) is 17.9 Å². The first-order valence-electron chi connectivity index (χ1n) is 11.0. The van der Waals surface area contributed by atoms with E-state index in [2.05, 4.69) is 5.32 Å². The van der Waals surface area contributed by atoms with Gasteiger partial charge in [-0.25, -0.2) is 4.79 Å². The number of hydrogen-bond donors (Lipinski definition) is 1. The van der Waals surface area contributed by atoms with Crippen molar-refractivity contribution in [3.05, 3.63) is 65.9 Å². The van der Waals surface area contributed by atoms with Crippen LogP contribution in [-0.4, -0.2) is 49.5 Å². The third-order valence-electron chi connectivity index (χ3n) is 5.07. The second kappa shape index (κ2) is 11.7. The lowest BCUT2D eigenvalue weighted by Gasteiger charge is -2.21. The van der Waals surface area contributed by atoms with Crippen molar-refractivity contribution in [3.8, 4) is 5.75 Å². The number of carbonyl (C=O) groups is 3. The van der Waals surface area contributed by atoms with Gasteiger partial charge in [-0.1, -0.05) is 37.3 Å². The number of aryl methyl sites for hydroxylation is 1. The Hall–Kier alpha value is -4.07. The number of ether oxygens (including phenoxy) is 2. The van der Waals surface area contributed by atoms with Crippen molar-refractivity contribution in [3.63, 3.8) is 0 Å². The molecule has 1 N–H and O–H groups in total. The number of nitrogens with zero attached hydrogens (tertiary/aromatic N) is 1. The van der Waals surface area contributed by atoms with E-state index in [4.69, 9.17) is 13.9 Å². The van der Waals surface area contributed by atoms with Crippen molar-refractivity contribution in [1.29, 1.82) is 0 Å². The van der Waals surface area contributed by atoms with Gasteiger partial charge >= 0.3 is 5.97 Å². The lowest BCUT2D eigenvalue weighted by molar-refractivity contribution is -0.148. The van der Waals surface area contributed by atoms with Gasteiger partial charge in [0, 0.05) is 23.7 Å². The molecule has 2 aromatic carbocycles. The molecule has 0 saturated carbocycles. The zero-order valence-corrected chi connectivity index (χ0v) is 19.5. The third-order valence-corrected chi connectivity index (χ3v) is 5.07. The van der Waals surface area contributed by atoms with Crippen molar-refractivity contribution >= 4 is 40.5 Å². The SMILES string of the molecule is CCCN(CC(=O)Nc1ccccc1C)C(=O)COC(=O)C=Cc1cc2cccc(OC)c2o1. The van der Waals surface area contributed by atoms with E-state index >= 15 is 0 Å². The normalized spacial score (nSPS) is 10.9. The highest BCUT2D eigenvalue weighted by molar-refractivity contribution is 5.96. The van der Waals surface area contributed by atoms with Crippen LogP contribution in [0.5, 0.6) is 5.75 Å². The van der Waals surface area contributed by atoms with Crippen molar-refractivity contribution in [1.82, 2.24) is 4.90 Å². The smallest absolute Gasteiger partial charge is 0.331 e.